The third-order valence-corrected chi connectivity index (χ3v) is 1.74. The van der Waals surface area contributed by atoms with Gasteiger partial charge in [0.05, 0.1) is 0 Å². The summed E-state index contributed by atoms with van der Waals surface area (Å²) in [6.07, 6.45) is 1.42. The van der Waals surface area contributed by atoms with E-state index in [2.05, 4.69) is 26.2 Å². The summed E-state index contributed by atoms with van der Waals surface area (Å²) in [5.41, 5.74) is 0.159. The molecule has 0 aliphatic heterocycles. The van der Waals surface area contributed by atoms with Crippen molar-refractivity contribution >= 4 is 21.8 Å². The smallest absolute Gasteiger partial charge is 0.256 e. The average molecular weight is 231 g/mol. The number of carbonyl (C=O) groups excluding carboxylic acids is 1. The topological polar surface area (TPSA) is 62.2 Å². The fourth-order valence-electron chi connectivity index (χ4n) is 0.734. The number of pyridine rings is 1. The minimum absolute atomic E-state index is 0.159. The van der Waals surface area contributed by atoms with Crippen LogP contribution in [0.3, 0.4) is 0 Å². The number of hydrogen-bond acceptors (Lipinski definition) is 3. The summed E-state index contributed by atoms with van der Waals surface area (Å²) in [7, 11) is 1.49. The molecule has 5 heteroatoms. The Bertz CT molecular complexity index is 314. The predicted molar refractivity (Wildman–Crippen MR) is 47.0 cm³/mol. The molecule has 0 unspecified atom stereocenters. The van der Waals surface area contributed by atoms with Crippen molar-refractivity contribution in [3.05, 3.63) is 22.3 Å². The van der Waals surface area contributed by atoms with Crippen molar-refractivity contribution < 1.29 is 9.90 Å². The molecular formula is C7H7BrN2O2. The molecule has 0 saturated heterocycles. The fraction of sp³-hybridized carbons (Fsp3) is 0.143. The number of rotatable bonds is 1. The van der Waals surface area contributed by atoms with Gasteiger partial charge in [-0.2, -0.15) is 0 Å². The largest absolute Gasteiger partial charge is 0.493 e. The lowest BCUT2D eigenvalue weighted by atomic mass is 10.2. The Kier molecular flexibility index (Phi) is 2.65. The van der Waals surface area contributed by atoms with Gasteiger partial charge in [0, 0.05) is 17.7 Å². The van der Waals surface area contributed by atoms with E-state index < -0.39 is 0 Å². The van der Waals surface area contributed by atoms with E-state index in [4.69, 9.17) is 5.11 Å². The highest BCUT2D eigenvalue weighted by Gasteiger charge is 2.10. The second-order valence-corrected chi connectivity index (χ2v) is 3.02. The summed E-state index contributed by atoms with van der Waals surface area (Å²) in [5, 5.41) is 11.5. The molecule has 0 aliphatic carbocycles. The molecule has 1 aromatic rings. The SMILES string of the molecule is CNC(=O)c1cc(Br)cnc1O. The van der Waals surface area contributed by atoms with Crippen LogP contribution in [0.1, 0.15) is 10.4 Å². The first-order chi connectivity index (χ1) is 5.65. The molecule has 0 spiro atoms. The molecule has 2 N–H and O–H groups in total. The molecule has 64 valence electrons. The molecule has 4 nitrogen and oxygen atoms in total. The van der Waals surface area contributed by atoms with E-state index in [-0.39, 0.29) is 17.4 Å². The molecule has 1 heterocycles. The minimum atomic E-state index is -0.360. The lowest BCUT2D eigenvalue weighted by molar-refractivity contribution is 0.0959. The van der Waals surface area contributed by atoms with Crippen molar-refractivity contribution in [3.63, 3.8) is 0 Å². The van der Waals surface area contributed by atoms with Gasteiger partial charge in [0.25, 0.3) is 5.91 Å². The van der Waals surface area contributed by atoms with E-state index in [1.54, 1.807) is 0 Å². The summed E-state index contributed by atoms with van der Waals surface area (Å²) in [6, 6.07) is 1.50. The molecule has 1 aromatic heterocycles. The summed E-state index contributed by atoms with van der Waals surface area (Å²) in [5.74, 6) is -0.626. The number of hydrogen-bond donors (Lipinski definition) is 2. The molecule has 0 aromatic carbocycles. The predicted octanol–water partition coefficient (Wildman–Crippen LogP) is 0.909. The maximum Gasteiger partial charge on any atom is 0.256 e. The number of nitrogens with zero attached hydrogens (tertiary/aromatic N) is 1. The quantitative estimate of drug-likeness (QED) is 0.755. The second kappa shape index (κ2) is 3.53. The van der Waals surface area contributed by atoms with Crippen LogP contribution < -0.4 is 5.32 Å². The van der Waals surface area contributed by atoms with Crippen LogP contribution in [0.2, 0.25) is 0 Å². The Morgan fingerprint density at radius 2 is 2.42 bits per heavy atom. The van der Waals surface area contributed by atoms with Crippen LogP contribution in [-0.2, 0) is 0 Å². The first kappa shape index (κ1) is 8.99. The summed E-state index contributed by atoms with van der Waals surface area (Å²) >= 11 is 3.14. The van der Waals surface area contributed by atoms with Gasteiger partial charge in [-0.1, -0.05) is 0 Å². The normalized spacial score (nSPS) is 9.50. The summed E-state index contributed by atoms with van der Waals surface area (Å²) in [6.45, 7) is 0. The molecule has 1 rings (SSSR count). The number of aromatic hydroxyl groups is 1. The van der Waals surface area contributed by atoms with Crippen LogP contribution >= 0.6 is 15.9 Å². The monoisotopic (exact) mass is 230 g/mol. The maximum absolute atomic E-state index is 11.1. The number of halogens is 1. The molecule has 0 radical (unpaired) electrons. The second-order valence-electron chi connectivity index (χ2n) is 2.10. The molecule has 0 aliphatic rings. The van der Waals surface area contributed by atoms with Crippen LogP contribution in [0.25, 0.3) is 0 Å². The van der Waals surface area contributed by atoms with Gasteiger partial charge in [0.1, 0.15) is 5.56 Å². The molecule has 0 fully saturated rings. The number of nitrogens with one attached hydrogen (secondary N) is 1. The number of amides is 1. The van der Waals surface area contributed by atoms with Crippen LogP contribution in [0.5, 0.6) is 5.88 Å². The Balaban J connectivity index is 3.13. The Morgan fingerprint density at radius 3 is 3.00 bits per heavy atom. The first-order valence-electron chi connectivity index (χ1n) is 3.21. The third kappa shape index (κ3) is 1.73. The van der Waals surface area contributed by atoms with Crippen molar-refractivity contribution in [1.29, 1.82) is 0 Å². The molecular weight excluding hydrogens is 224 g/mol. The highest BCUT2D eigenvalue weighted by atomic mass is 79.9. The average Bonchev–Trinajstić information content (AvgIpc) is 2.08. The van der Waals surface area contributed by atoms with Gasteiger partial charge in [-0.3, -0.25) is 4.79 Å². The zero-order valence-corrected chi connectivity index (χ0v) is 7.92. The van der Waals surface area contributed by atoms with Crippen LogP contribution in [-0.4, -0.2) is 23.0 Å². The van der Waals surface area contributed by atoms with Gasteiger partial charge in [0.15, 0.2) is 0 Å². The van der Waals surface area contributed by atoms with E-state index in [0.717, 1.165) is 0 Å². The lowest BCUT2D eigenvalue weighted by Crippen LogP contribution is -2.18. The zero-order valence-electron chi connectivity index (χ0n) is 6.34. The highest BCUT2D eigenvalue weighted by Crippen LogP contribution is 2.17. The summed E-state index contributed by atoms with van der Waals surface area (Å²) in [4.78, 5) is 14.7. The van der Waals surface area contributed by atoms with Gasteiger partial charge in [0.2, 0.25) is 5.88 Å². The van der Waals surface area contributed by atoms with Crippen molar-refractivity contribution in [3.8, 4) is 5.88 Å². The van der Waals surface area contributed by atoms with E-state index >= 15 is 0 Å². The molecule has 12 heavy (non-hydrogen) atoms. The highest BCUT2D eigenvalue weighted by molar-refractivity contribution is 9.10. The third-order valence-electron chi connectivity index (χ3n) is 1.30. The Hall–Kier alpha value is -1.10. The van der Waals surface area contributed by atoms with Crippen molar-refractivity contribution in [2.45, 2.75) is 0 Å². The van der Waals surface area contributed by atoms with Crippen molar-refractivity contribution in [2.24, 2.45) is 0 Å². The zero-order chi connectivity index (χ0) is 9.14. The van der Waals surface area contributed by atoms with Gasteiger partial charge in [-0.25, -0.2) is 4.98 Å². The maximum atomic E-state index is 11.1. The lowest BCUT2D eigenvalue weighted by Gasteiger charge is -2.01. The van der Waals surface area contributed by atoms with Gasteiger partial charge in [-0.05, 0) is 22.0 Å². The van der Waals surface area contributed by atoms with E-state index in [1.165, 1.54) is 19.3 Å². The van der Waals surface area contributed by atoms with Crippen LogP contribution in [0.4, 0.5) is 0 Å². The van der Waals surface area contributed by atoms with E-state index in [9.17, 15) is 4.79 Å². The first-order valence-corrected chi connectivity index (χ1v) is 4.01. The van der Waals surface area contributed by atoms with Crippen LogP contribution in [0, 0.1) is 0 Å². The summed E-state index contributed by atoms with van der Waals surface area (Å²) < 4.78 is 0.652. The molecule has 0 saturated carbocycles. The van der Waals surface area contributed by atoms with E-state index in [0.29, 0.717) is 4.47 Å². The number of aromatic nitrogens is 1. The van der Waals surface area contributed by atoms with Gasteiger partial charge < -0.3 is 10.4 Å². The van der Waals surface area contributed by atoms with E-state index in [1.807, 2.05) is 0 Å². The Morgan fingerprint density at radius 1 is 1.75 bits per heavy atom. The molecule has 0 bridgehead atoms. The molecule has 0 atom stereocenters. The van der Waals surface area contributed by atoms with Gasteiger partial charge in [-0.15, -0.1) is 0 Å². The standard InChI is InChI=1S/C7H7BrN2O2/c1-9-6(11)5-2-4(8)3-10-7(5)12/h2-3H,1H3,(H,9,11)(H,10,12). The van der Waals surface area contributed by atoms with Crippen molar-refractivity contribution in [1.82, 2.24) is 10.3 Å². The molecule has 1 amide bonds. The Labute approximate surface area is 77.8 Å². The number of carbonyl (C=O) groups is 1. The fourth-order valence-corrected chi connectivity index (χ4v) is 1.07. The minimum Gasteiger partial charge on any atom is -0.493 e. The van der Waals surface area contributed by atoms with Gasteiger partial charge >= 0.3 is 0 Å². The van der Waals surface area contributed by atoms with Crippen LogP contribution in [0.15, 0.2) is 16.7 Å². The van der Waals surface area contributed by atoms with Crippen molar-refractivity contribution in [2.75, 3.05) is 7.05 Å².